The molecule has 0 spiro atoms. The molecule has 0 aromatic rings. The first-order chi connectivity index (χ1) is 24.9. The average molecular weight is 757 g/mol. The SMILES string of the molecule is CCCC[C@@](C)(NCC(=O)NCC(=O)NCC(CC)CC)C(=O)CN(CC(=O)O)C(=O)CNC(=O)CNC(=O)CN(CC(=O)O)C(=O)CNC(=O)CC. The van der Waals surface area contributed by atoms with E-state index in [4.69, 9.17) is 5.11 Å². The van der Waals surface area contributed by atoms with Crippen molar-refractivity contribution in [1.29, 1.82) is 0 Å². The maximum Gasteiger partial charge on any atom is 0.323 e. The van der Waals surface area contributed by atoms with Crippen LogP contribution in [0.3, 0.4) is 0 Å². The fourth-order valence-electron chi connectivity index (χ4n) is 4.58. The van der Waals surface area contributed by atoms with E-state index in [2.05, 4.69) is 31.9 Å². The Morgan fingerprint density at radius 3 is 1.51 bits per heavy atom. The molecule has 20 heteroatoms. The van der Waals surface area contributed by atoms with E-state index in [9.17, 15) is 53.1 Å². The number of nitrogens with one attached hydrogen (secondary N) is 6. The van der Waals surface area contributed by atoms with E-state index < -0.39 is 105 Å². The van der Waals surface area contributed by atoms with E-state index >= 15 is 0 Å². The molecule has 0 aromatic heterocycles. The van der Waals surface area contributed by atoms with Crippen LogP contribution in [0.15, 0.2) is 0 Å². The summed E-state index contributed by atoms with van der Waals surface area (Å²) >= 11 is 0. The van der Waals surface area contributed by atoms with Crippen LogP contribution in [-0.2, 0) is 47.9 Å². The van der Waals surface area contributed by atoms with Crippen molar-refractivity contribution in [2.75, 3.05) is 65.4 Å². The lowest BCUT2D eigenvalue weighted by Crippen LogP contribution is -2.57. The molecular formula is C33H56N8O12. The number of hydrogen-bond acceptors (Lipinski definition) is 11. The molecule has 0 fully saturated rings. The molecule has 0 aliphatic carbocycles. The van der Waals surface area contributed by atoms with Crippen molar-refractivity contribution >= 4 is 59.1 Å². The molecule has 0 saturated carbocycles. The molecule has 0 aromatic carbocycles. The lowest BCUT2D eigenvalue weighted by Gasteiger charge is -2.32. The van der Waals surface area contributed by atoms with Crippen molar-refractivity contribution < 1.29 is 58.2 Å². The maximum atomic E-state index is 13.5. The Hall–Kier alpha value is -5.14. The van der Waals surface area contributed by atoms with Crippen LogP contribution >= 0.6 is 0 Å². The molecule has 8 N–H and O–H groups in total. The van der Waals surface area contributed by atoms with Gasteiger partial charge in [0.2, 0.25) is 41.4 Å². The van der Waals surface area contributed by atoms with Crippen molar-refractivity contribution in [3.8, 4) is 0 Å². The molecular weight excluding hydrogens is 700 g/mol. The minimum atomic E-state index is -1.44. The van der Waals surface area contributed by atoms with Gasteiger partial charge in [-0.25, -0.2) is 0 Å². The van der Waals surface area contributed by atoms with Crippen LogP contribution in [0.5, 0.6) is 0 Å². The lowest BCUT2D eigenvalue weighted by molar-refractivity contribution is -0.146. The number of carboxylic acid groups (broad SMARTS) is 2. The number of nitrogens with zero attached hydrogens (tertiary/aromatic N) is 2. The van der Waals surface area contributed by atoms with E-state index in [0.717, 1.165) is 12.8 Å². The highest BCUT2D eigenvalue weighted by Crippen LogP contribution is 2.16. The van der Waals surface area contributed by atoms with Crippen LogP contribution in [0.2, 0.25) is 0 Å². The second kappa shape index (κ2) is 25.8. The first-order valence-corrected chi connectivity index (χ1v) is 17.5. The van der Waals surface area contributed by atoms with Crippen LogP contribution in [-0.4, -0.2) is 150 Å². The number of rotatable bonds is 28. The Morgan fingerprint density at radius 1 is 0.566 bits per heavy atom. The summed E-state index contributed by atoms with van der Waals surface area (Å²) in [6.07, 6.45) is 3.33. The molecule has 0 aliphatic rings. The quantitative estimate of drug-likeness (QED) is 0.0405. The van der Waals surface area contributed by atoms with E-state index in [-0.39, 0.29) is 31.8 Å². The summed E-state index contributed by atoms with van der Waals surface area (Å²) in [6.45, 7) is 3.65. The van der Waals surface area contributed by atoms with Gasteiger partial charge >= 0.3 is 11.9 Å². The highest BCUT2D eigenvalue weighted by Gasteiger charge is 2.35. The number of carbonyl (C=O) groups excluding carboxylic acids is 8. The van der Waals surface area contributed by atoms with Crippen LogP contribution in [0.1, 0.15) is 73.1 Å². The number of carboxylic acids is 2. The first-order valence-electron chi connectivity index (χ1n) is 17.5. The Labute approximate surface area is 308 Å². The number of amides is 7. The van der Waals surface area contributed by atoms with E-state index in [1.807, 2.05) is 20.8 Å². The normalized spacial score (nSPS) is 11.7. The minimum absolute atomic E-state index is 0.0760. The molecule has 0 radical (unpaired) electrons. The van der Waals surface area contributed by atoms with Gasteiger partial charge in [0.1, 0.15) is 19.6 Å². The number of carbonyl (C=O) groups is 10. The number of aliphatic carboxylic acids is 2. The predicted octanol–water partition coefficient (Wildman–Crippen LogP) is -2.65. The number of Topliss-reactive ketones (excluding diaryl/α,β-unsaturated/α-hetero) is 1. The molecule has 0 heterocycles. The second-order valence-electron chi connectivity index (χ2n) is 12.4. The zero-order valence-electron chi connectivity index (χ0n) is 31.3. The zero-order chi connectivity index (χ0) is 40.6. The van der Waals surface area contributed by atoms with E-state index in [1.165, 1.54) is 6.92 Å². The van der Waals surface area contributed by atoms with Gasteiger partial charge in [-0.3, -0.25) is 53.3 Å². The van der Waals surface area contributed by atoms with Crippen molar-refractivity contribution in [3.05, 3.63) is 0 Å². The van der Waals surface area contributed by atoms with Gasteiger partial charge in [0.25, 0.3) is 0 Å². The summed E-state index contributed by atoms with van der Waals surface area (Å²) in [5, 5.41) is 33.2. The smallest absolute Gasteiger partial charge is 0.323 e. The van der Waals surface area contributed by atoms with Crippen LogP contribution in [0.4, 0.5) is 0 Å². The number of ketones is 1. The summed E-state index contributed by atoms with van der Waals surface area (Å²) in [6, 6.07) is 0. The minimum Gasteiger partial charge on any atom is -0.480 e. The monoisotopic (exact) mass is 756 g/mol. The van der Waals surface area contributed by atoms with Gasteiger partial charge in [-0.1, -0.05) is 53.4 Å². The summed E-state index contributed by atoms with van der Waals surface area (Å²) in [4.78, 5) is 124. The molecule has 53 heavy (non-hydrogen) atoms. The van der Waals surface area contributed by atoms with Crippen LogP contribution < -0.4 is 31.9 Å². The maximum absolute atomic E-state index is 13.5. The molecule has 0 aliphatic heterocycles. The van der Waals surface area contributed by atoms with Crippen molar-refractivity contribution in [1.82, 2.24) is 41.7 Å². The van der Waals surface area contributed by atoms with Gasteiger partial charge in [-0.05, 0) is 19.3 Å². The standard InChI is InChI=1S/C33H56N8O12/c1-6-10-11-33(5,39-15-27(46)35-13-25(44)34-12-22(7-2)8-3)23(42)18-40(20-31(50)51)29(48)17-38-26(45)14-36-28(47)19-41(21-32(52)53)30(49)16-37-24(43)9-4/h22,39H,6-21H2,1-5H3,(H,34,44)(H,35,46)(H,36,47)(H,37,43)(H,38,45)(H,50,51)(H,52,53)/t33-/m1/s1. The second-order valence-corrected chi connectivity index (χ2v) is 12.4. The molecule has 0 bridgehead atoms. The van der Waals surface area contributed by atoms with Crippen molar-refractivity contribution in [2.45, 2.75) is 78.7 Å². The molecule has 20 nitrogen and oxygen atoms in total. The van der Waals surface area contributed by atoms with Crippen molar-refractivity contribution in [3.63, 3.8) is 0 Å². The molecule has 7 amide bonds. The number of hydrogen-bond donors (Lipinski definition) is 8. The van der Waals surface area contributed by atoms with Crippen LogP contribution in [0.25, 0.3) is 0 Å². The largest absolute Gasteiger partial charge is 0.480 e. The predicted molar refractivity (Wildman–Crippen MR) is 189 cm³/mol. The third-order valence-electron chi connectivity index (χ3n) is 8.14. The Kier molecular flexibility index (Phi) is 23.3. The molecule has 1 atom stereocenters. The molecule has 0 saturated heterocycles. The van der Waals surface area contributed by atoms with Gasteiger partial charge in [0.15, 0.2) is 5.78 Å². The van der Waals surface area contributed by atoms with Gasteiger partial charge in [-0.2, -0.15) is 0 Å². The highest BCUT2D eigenvalue weighted by atomic mass is 16.4. The third kappa shape index (κ3) is 21.1. The Bertz CT molecular complexity index is 1310. The lowest BCUT2D eigenvalue weighted by atomic mass is 9.89. The summed E-state index contributed by atoms with van der Waals surface area (Å²) < 4.78 is 0. The third-order valence-corrected chi connectivity index (χ3v) is 8.14. The van der Waals surface area contributed by atoms with Gasteiger partial charge in [0.05, 0.1) is 44.8 Å². The van der Waals surface area contributed by atoms with E-state index in [0.29, 0.717) is 35.1 Å². The summed E-state index contributed by atoms with van der Waals surface area (Å²) in [7, 11) is 0. The molecule has 0 rings (SSSR count). The van der Waals surface area contributed by atoms with Crippen molar-refractivity contribution in [2.24, 2.45) is 5.92 Å². The number of unbranched alkanes of at least 4 members (excludes halogenated alkanes) is 1. The Morgan fingerprint density at radius 2 is 1.02 bits per heavy atom. The fraction of sp³-hybridized carbons (Fsp3) is 0.697. The average Bonchev–Trinajstić information content (AvgIpc) is 3.11. The van der Waals surface area contributed by atoms with Gasteiger partial charge in [-0.15, -0.1) is 0 Å². The molecule has 300 valence electrons. The summed E-state index contributed by atoms with van der Waals surface area (Å²) in [5.74, 6) is -8.17. The van der Waals surface area contributed by atoms with E-state index in [1.54, 1.807) is 6.92 Å². The first kappa shape index (κ1) is 47.9. The van der Waals surface area contributed by atoms with Gasteiger partial charge < -0.3 is 46.6 Å². The topological polar surface area (TPSA) is 290 Å². The van der Waals surface area contributed by atoms with Gasteiger partial charge in [0, 0.05) is 13.0 Å². The zero-order valence-corrected chi connectivity index (χ0v) is 31.3. The summed E-state index contributed by atoms with van der Waals surface area (Å²) in [5.41, 5.74) is -1.37. The van der Waals surface area contributed by atoms with Crippen LogP contribution in [0, 0.1) is 5.92 Å². The Balaban J connectivity index is 5.27. The highest BCUT2D eigenvalue weighted by molar-refractivity contribution is 5.96. The fourth-order valence-corrected chi connectivity index (χ4v) is 4.58. The molecule has 0 unspecified atom stereocenters.